The van der Waals surface area contributed by atoms with E-state index in [2.05, 4.69) is 43.1 Å². The summed E-state index contributed by atoms with van der Waals surface area (Å²) < 4.78 is 0. The van der Waals surface area contributed by atoms with Crippen molar-refractivity contribution in [2.24, 2.45) is 10.8 Å². The molecule has 0 aromatic heterocycles. The van der Waals surface area contributed by atoms with Gasteiger partial charge in [0.15, 0.2) is 0 Å². The zero-order chi connectivity index (χ0) is 14.3. The van der Waals surface area contributed by atoms with Gasteiger partial charge in [0.25, 0.3) is 0 Å². The van der Waals surface area contributed by atoms with Crippen molar-refractivity contribution in [1.29, 1.82) is 0 Å². The molecule has 19 heavy (non-hydrogen) atoms. The molecule has 0 saturated carbocycles. The second-order valence-corrected chi connectivity index (χ2v) is 4.50. The number of rotatable bonds is 7. The lowest BCUT2D eigenvalue weighted by atomic mass is 9.91. The molecule has 3 nitrogen and oxygen atoms in total. The highest BCUT2D eigenvalue weighted by Gasteiger charge is 2.12. The Kier molecular flexibility index (Phi) is 6.30. The minimum atomic E-state index is 0.584. The Bertz CT molecular complexity index is 461. The van der Waals surface area contributed by atoms with E-state index in [9.17, 15) is 0 Å². The topological polar surface area (TPSA) is 50.4 Å². The number of benzene rings is 1. The molecule has 0 spiro atoms. The molecule has 0 unspecified atom stereocenters. The molecule has 3 N–H and O–H groups in total. The molecule has 104 valence electrons. The third-order valence-corrected chi connectivity index (χ3v) is 3.30. The van der Waals surface area contributed by atoms with E-state index in [-0.39, 0.29) is 0 Å². The molecule has 0 saturated heterocycles. The van der Waals surface area contributed by atoms with Crippen LogP contribution in [0.2, 0.25) is 0 Å². The number of allylic oxidation sites excluding steroid dienone is 1. The fourth-order valence-corrected chi connectivity index (χ4v) is 2.28. The molecule has 1 rings (SSSR count). The summed E-state index contributed by atoms with van der Waals surface area (Å²) in [6, 6.07) is 4.24. The van der Waals surface area contributed by atoms with Crippen molar-refractivity contribution in [2.45, 2.75) is 40.2 Å². The van der Waals surface area contributed by atoms with Gasteiger partial charge in [0, 0.05) is 25.1 Å². The molecule has 0 aliphatic heterocycles. The summed E-state index contributed by atoms with van der Waals surface area (Å²) in [4.78, 5) is 0. The summed E-state index contributed by atoms with van der Waals surface area (Å²) in [7, 11) is 0. The number of nitrogens with two attached hydrogens (primary N) is 1. The molecule has 1 aromatic carbocycles. The van der Waals surface area contributed by atoms with E-state index >= 15 is 0 Å². The summed E-state index contributed by atoms with van der Waals surface area (Å²) in [5.41, 5.74) is 14.9. The highest BCUT2D eigenvalue weighted by molar-refractivity contribution is 6.02. The summed E-state index contributed by atoms with van der Waals surface area (Å²) >= 11 is 0. The van der Waals surface area contributed by atoms with Crippen LogP contribution in [0.1, 0.15) is 42.5 Å². The molecule has 0 aliphatic rings. The Labute approximate surface area is 116 Å². The van der Waals surface area contributed by atoms with E-state index in [1.165, 1.54) is 22.3 Å². The molecule has 0 amide bonds. The predicted octanol–water partition coefficient (Wildman–Crippen LogP) is 2.91. The van der Waals surface area contributed by atoms with Crippen molar-refractivity contribution in [3.8, 4) is 0 Å². The molecule has 0 aliphatic carbocycles. The van der Waals surface area contributed by atoms with Crippen LogP contribution in [0.5, 0.6) is 0 Å². The van der Waals surface area contributed by atoms with Gasteiger partial charge < -0.3 is 11.2 Å². The quantitative estimate of drug-likeness (QED) is 0.449. The average molecular weight is 259 g/mol. The van der Waals surface area contributed by atoms with Crippen LogP contribution in [0, 0.1) is 6.92 Å². The zero-order valence-corrected chi connectivity index (χ0v) is 12.3. The van der Waals surface area contributed by atoms with Gasteiger partial charge in [0.2, 0.25) is 0 Å². The van der Waals surface area contributed by atoms with Gasteiger partial charge in [-0.1, -0.05) is 25.1 Å². The van der Waals surface area contributed by atoms with Gasteiger partial charge in [-0.3, -0.25) is 0 Å². The average Bonchev–Trinajstić information content (AvgIpc) is 2.43. The lowest BCUT2D eigenvalue weighted by Crippen LogP contribution is -2.14. The normalized spacial score (nSPS) is 11.5. The van der Waals surface area contributed by atoms with Crippen LogP contribution in [-0.4, -0.2) is 12.3 Å². The van der Waals surface area contributed by atoms with E-state index in [0.29, 0.717) is 6.54 Å². The molecule has 1 aromatic rings. The number of nitrogens with zero attached hydrogens (tertiary/aromatic N) is 1. The van der Waals surface area contributed by atoms with Crippen LogP contribution in [0.15, 0.2) is 29.9 Å². The van der Waals surface area contributed by atoms with Crippen LogP contribution in [0.25, 0.3) is 0 Å². The van der Waals surface area contributed by atoms with Crippen molar-refractivity contribution >= 4 is 5.71 Å². The number of hydrogen-bond donors (Lipinski definition) is 2. The monoisotopic (exact) mass is 259 g/mol. The van der Waals surface area contributed by atoms with Crippen molar-refractivity contribution < 1.29 is 0 Å². The van der Waals surface area contributed by atoms with Gasteiger partial charge in [-0.2, -0.15) is 5.10 Å². The minimum absolute atomic E-state index is 0.584. The maximum Gasteiger partial charge on any atom is 0.0715 e. The Hall–Kier alpha value is -1.61. The second kappa shape index (κ2) is 7.74. The molecule has 3 heteroatoms. The van der Waals surface area contributed by atoms with Crippen LogP contribution >= 0.6 is 0 Å². The lowest BCUT2D eigenvalue weighted by molar-refractivity contribution is 0.780. The fourth-order valence-electron chi connectivity index (χ4n) is 2.28. The van der Waals surface area contributed by atoms with Crippen LogP contribution < -0.4 is 11.2 Å². The van der Waals surface area contributed by atoms with Crippen molar-refractivity contribution in [1.82, 2.24) is 5.43 Å². The maximum absolute atomic E-state index is 5.78. The first-order chi connectivity index (χ1) is 9.19. The van der Waals surface area contributed by atoms with Crippen molar-refractivity contribution in [3.05, 3.63) is 47.0 Å². The highest BCUT2D eigenvalue weighted by Crippen LogP contribution is 2.21. The molecular weight excluding hydrogens is 234 g/mol. The minimum Gasteiger partial charge on any atom is -0.326 e. The first kappa shape index (κ1) is 15.4. The predicted molar refractivity (Wildman–Crippen MR) is 83.5 cm³/mol. The first-order valence-electron chi connectivity index (χ1n) is 6.91. The van der Waals surface area contributed by atoms with Crippen molar-refractivity contribution in [3.63, 3.8) is 0 Å². The molecule has 0 atom stereocenters. The standard InChI is InChI=1S/C16H25N3/c1-5-8-16(19-18-7-3)15-10-9-13(11-17)12(4)14(15)6-2/h5,9-10,18H,1,6-8,11,17H2,2-4H3/b19-16+. The third kappa shape index (κ3) is 3.67. The lowest BCUT2D eigenvalue weighted by Gasteiger charge is -2.15. The highest BCUT2D eigenvalue weighted by atomic mass is 15.3. The largest absolute Gasteiger partial charge is 0.326 e. The fraction of sp³-hybridized carbons (Fsp3) is 0.438. The Morgan fingerprint density at radius 3 is 2.68 bits per heavy atom. The molecule has 0 bridgehead atoms. The summed E-state index contributed by atoms with van der Waals surface area (Å²) in [5.74, 6) is 0. The van der Waals surface area contributed by atoms with E-state index in [4.69, 9.17) is 5.73 Å². The van der Waals surface area contributed by atoms with Gasteiger partial charge in [0.05, 0.1) is 5.71 Å². The summed E-state index contributed by atoms with van der Waals surface area (Å²) in [6.45, 7) is 11.6. The molecule has 0 heterocycles. The van der Waals surface area contributed by atoms with E-state index in [1.54, 1.807) is 0 Å². The molecule has 0 radical (unpaired) electrons. The Morgan fingerprint density at radius 1 is 1.42 bits per heavy atom. The van der Waals surface area contributed by atoms with Crippen LogP contribution in [0.3, 0.4) is 0 Å². The van der Waals surface area contributed by atoms with Gasteiger partial charge >= 0.3 is 0 Å². The van der Waals surface area contributed by atoms with Gasteiger partial charge in [0.1, 0.15) is 0 Å². The second-order valence-electron chi connectivity index (χ2n) is 4.50. The Balaban J connectivity index is 3.30. The van der Waals surface area contributed by atoms with Crippen LogP contribution in [-0.2, 0) is 13.0 Å². The summed E-state index contributed by atoms with van der Waals surface area (Å²) in [6.07, 6.45) is 3.64. The van der Waals surface area contributed by atoms with Crippen LogP contribution in [0.4, 0.5) is 0 Å². The molecular formula is C16H25N3. The van der Waals surface area contributed by atoms with E-state index < -0.39 is 0 Å². The van der Waals surface area contributed by atoms with Gasteiger partial charge in [-0.05, 0) is 37.0 Å². The van der Waals surface area contributed by atoms with Crippen molar-refractivity contribution in [2.75, 3.05) is 6.54 Å². The third-order valence-electron chi connectivity index (χ3n) is 3.30. The first-order valence-corrected chi connectivity index (χ1v) is 6.91. The maximum atomic E-state index is 5.78. The smallest absolute Gasteiger partial charge is 0.0715 e. The summed E-state index contributed by atoms with van der Waals surface area (Å²) in [5, 5.41) is 4.47. The number of hydrazone groups is 1. The number of nitrogens with one attached hydrogen (secondary N) is 1. The zero-order valence-electron chi connectivity index (χ0n) is 12.3. The van der Waals surface area contributed by atoms with E-state index in [0.717, 1.165) is 25.1 Å². The SMILES string of the molecule is C=CC/C(=N\NCC)c1ccc(CN)c(C)c1CC. The van der Waals surface area contributed by atoms with Gasteiger partial charge in [-0.15, -0.1) is 6.58 Å². The van der Waals surface area contributed by atoms with E-state index in [1.807, 2.05) is 13.0 Å². The number of hydrogen-bond acceptors (Lipinski definition) is 3. The molecule has 0 fully saturated rings. The van der Waals surface area contributed by atoms with Gasteiger partial charge in [-0.25, -0.2) is 0 Å². The Morgan fingerprint density at radius 2 is 2.16 bits per heavy atom.